The summed E-state index contributed by atoms with van der Waals surface area (Å²) in [5.74, 6) is -0.187. The molecule has 0 spiro atoms. The SMILES string of the molecule is CCCC(C)C(=O)C(=O)CC(C)C. The first kappa shape index (κ1) is 12.3. The molecule has 2 nitrogen and oxygen atoms in total. The maximum absolute atomic E-state index is 11.4. The topological polar surface area (TPSA) is 34.1 Å². The van der Waals surface area contributed by atoms with Crippen molar-refractivity contribution in [1.29, 1.82) is 0 Å². The van der Waals surface area contributed by atoms with E-state index in [1.54, 1.807) is 0 Å². The van der Waals surface area contributed by atoms with E-state index in [9.17, 15) is 9.59 Å². The predicted molar refractivity (Wildman–Crippen MR) is 53.5 cm³/mol. The van der Waals surface area contributed by atoms with Crippen LogP contribution in [0.15, 0.2) is 0 Å². The normalized spacial score (nSPS) is 13.0. The molecule has 0 rings (SSSR count). The van der Waals surface area contributed by atoms with E-state index in [1.807, 2.05) is 27.7 Å². The highest BCUT2D eigenvalue weighted by molar-refractivity contribution is 6.37. The van der Waals surface area contributed by atoms with Crippen molar-refractivity contribution in [3.8, 4) is 0 Å². The van der Waals surface area contributed by atoms with Gasteiger partial charge < -0.3 is 0 Å². The van der Waals surface area contributed by atoms with Crippen LogP contribution in [0.2, 0.25) is 0 Å². The fraction of sp³-hybridized carbons (Fsp3) is 0.818. The van der Waals surface area contributed by atoms with Crippen LogP contribution >= 0.6 is 0 Å². The molecule has 76 valence electrons. The van der Waals surface area contributed by atoms with Crippen molar-refractivity contribution in [3.05, 3.63) is 0 Å². The fourth-order valence-corrected chi connectivity index (χ4v) is 1.31. The molecule has 2 heteroatoms. The third-order valence-corrected chi connectivity index (χ3v) is 2.04. The molecule has 1 unspecified atom stereocenters. The lowest BCUT2D eigenvalue weighted by atomic mass is 9.94. The Morgan fingerprint density at radius 3 is 2.08 bits per heavy atom. The van der Waals surface area contributed by atoms with Gasteiger partial charge in [0.15, 0.2) is 5.78 Å². The zero-order chi connectivity index (χ0) is 10.4. The average Bonchev–Trinajstić information content (AvgIpc) is 2.02. The number of ketones is 2. The minimum atomic E-state index is -0.198. The van der Waals surface area contributed by atoms with Crippen LogP contribution < -0.4 is 0 Å². The van der Waals surface area contributed by atoms with Gasteiger partial charge in [-0.25, -0.2) is 0 Å². The van der Waals surface area contributed by atoms with Gasteiger partial charge in [-0.3, -0.25) is 9.59 Å². The highest BCUT2D eigenvalue weighted by Gasteiger charge is 2.20. The van der Waals surface area contributed by atoms with E-state index in [0.29, 0.717) is 6.42 Å². The van der Waals surface area contributed by atoms with E-state index < -0.39 is 0 Å². The number of Topliss-reactive ketones (excluding diaryl/α,β-unsaturated/α-hetero) is 2. The molecule has 1 atom stereocenters. The summed E-state index contributed by atoms with van der Waals surface area (Å²) in [5, 5.41) is 0. The number of carbonyl (C=O) groups excluding carboxylic acids is 2. The lowest BCUT2D eigenvalue weighted by Gasteiger charge is -2.08. The smallest absolute Gasteiger partial charge is 0.201 e. The Bertz CT molecular complexity index is 183. The first-order valence-corrected chi connectivity index (χ1v) is 5.06. The van der Waals surface area contributed by atoms with Gasteiger partial charge in [0, 0.05) is 12.3 Å². The van der Waals surface area contributed by atoms with Crippen LogP contribution in [0, 0.1) is 11.8 Å². The molecule has 0 aromatic heterocycles. The number of rotatable bonds is 6. The van der Waals surface area contributed by atoms with Gasteiger partial charge in [-0.1, -0.05) is 34.1 Å². The van der Waals surface area contributed by atoms with Gasteiger partial charge in [-0.15, -0.1) is 0 Å². The summed E-state index contributed by atoms with van der Waals surface area (Å²) in [6.45, 7) is 7.77. The molecule has 0 bridgehead atoms. The van der Waals surface area contributed by atoms with Crippen molar-refractivity contribution >= 4 is 11.6 Å². The molecule has 0 saturated heterocycles. The van der Waals surface area contributed by atoms with Crippen molar-refractivity contribution in [2.45, 2.75) is 47.0 Å². The van der Waals surface area contributed by atoms with Crippen LogP contribution in [0.3, 0.4) is 0 Å². The van der Waals surface area contributed by atoms with Gasteiger partial charge in [0.2, 0.25) is 5.78 Å². The Hall–Kier alpha value is -0.660. The molecule has 0 fully saturated rings. The summed E-state index contributed by atoms with van der Waals surface area (Å²) in [6.07, 6.45) is 2.18. The molecule has 0 radical (unpaired) electrons. The highest BCUT2D eigenvalue weighted by Crippen LogP contribution is 2.10. The molecule has 13 heavy (non-hydrogen) atoms. The Morgan fingerprint density at radius 1 is 1.15 bits per heavy atom. The minimum Gasteiger partial charge on any atom is -0.291 e. The molecule has 0 aromatic carbocycles. The average molecular weight is 184 g/mol. The Labute approximate surface area is 80.7 Å². The summed E-state index contributed by atoms with van der Waals surface area (Å²) in [4.78, 5) is 22.7. The van der Waals surface area contributed by atoms with Gasteiger partial charge in [0.25, 0.3) is 0 Å². The van der Waals surface area contributed by atoms with E-state index in [0.717, 1.165) is 12.8 Å². The monoisotopic (exact) mass is 184 g/mol. The van der Waals surface area contributed by atoms with Crippen LogP contribution in [0.4, 0.5) is 0 Å². The summed E-state index contributed by atoms with van der Waals surface area (Å²) >= 11 is 0. The van der Waals surface area contributed by atoms with Crippen LogP contribution in [-0.2, 0) is 9.59 Å². The van der Waals surface area contributed by atoms with Gasteiger partial charge in [-0.2, -0.15) is 0 Å². The largest absolute Gasteiger partial charge is 0.291 e. The molecule has 0 aliphatic heterocycles. The van der Waals surface area contributed by atoms with Gasteiger partial charge in [0.1, 0.15) is 0 Å². The van der Waals surface area contributed by atoms with Crippen LogP contribution in [0.25, 0.3) is 0 Å². The van der Waals surface area contributed by atoms with Crippen molar-refractivity contribution in [3.63, 3.8) is 0 Å². The van der Waals surface area contributed by atoms with Crippen molar-refractivity contribution in [2.24, 2.45) is 11.8 Å². The summed E-state index contributed by atoms with van der Waals surface area (Å²) in [6, 6.07) is 0. The molecule has 0 aliphatic rings. The zero-order valence-corrected chi connectivity index (χ0v) is 9.09. The van der Waals surface area contributed by atoms with Gasteiger partial charge in [0.05, 0.1) is 0 Å². The Balaban J connectivity index is 4.02. The van der Waals surface area contributed by atoms with E-state index in [4.69, 9.17) is 0 Å². The molecular formula is C11H20O2. The zero-order valence-electron chi connectivity index (χ0n) is 9.09. The van der Waals surface area contributed by atoms with Crippen molar-refractivity contribution < 1.29 is 9.59 Å². The number of carbonyl (C=O) groups is 2. The molecule has 0 heterocycles. The number of hydrogen-bond donors (Lipinski definition) is 0. The van der Waals surface area contributed by atoms with Crippen molar-refractivity contribution in [1.82, 2.24) is 0 Å². The molecule has 0 saturated carbocycles. The minimum absolute atomic E-state index is 0.0868. The fourth-order valence-electron chi connectivity index (χ4n) is 1.31. The third-order valence-electron chi connectivity index (χ3n) is 2.04. The third kappa shape index (κ3) is 4.81. The first-order valence-electron chi connectivity index (χ1n) is 5.06. The Morgan fingerprint density at radius 2 is 1.69 bits per heavy atom. The van der Waals surface area contributed by atoms with E-state index in [1.165, 1.54) is 0 Å². The highest BCUT2D eigenvalue weighted by atomic mass is 16.2. The van der Waals surface area contributed by atoms with E-state index in [2.05, 4.69) is 0 Å². The standard InChI is InChI=1S/C11H20O2/c1-5-6-9(4)11(13)10(12)7-8(2)3/h8-9H,5-7H2,1-4H3. The maximum atomic E-state index is 11.4. The van der Waals surface area contributed by atoms with Gasteiger partial charge in [-0.05, 0) is 12.3 Å². The second-order valence-electron chi connectivity index (χ2n) is 4.08. The summed E-state index contributed by atoms with van der Waals surface area (Å²) in [5.41, 5.74) is 0. The van der Waals surface area contributed by atoms with Crippen LogP contribution in [0.1, 0.15) is 47.0 Å². The Kier molecular flexibility index (Phi) is 5.60. The van der Waals surface area contributed by atoms with E-state index in [-0.39, 0.29) is 23.4 Å². The molecule has 0 aliphatic carbocycles. The lowest BCUT2D eigenvalue weighted by molar-refractivity contribution is -0.139. The van der Waals surface area contributed by atoms with Crippen LogP contribution in [-0.4, -0.2) is 11.6 Å². The summed E-state index contributed by atoms with van der Waals surface area (Å²) in [7, 11) is 0. The molecule has 0 N–H and O–H groups in total. The quantitative estimate of drug-likeness (QED) is 0.595. The summed E-state index contributed by atoms with van der Waals surface area (Å²) < 4.78 is 0. The molecule has 0 aromatic rings. The predicted octanol–water partition coefficient (Wildman–Crippen LogP) is 2.61. The van der Waals surface area contributed by atoms with E-state index >= 15 is 0 Å². The second-order valence-corrected chi connectivity index (χ2v) is 4.08. The lowest BCUT2D eigenvalue weighted by Crippen LogP contribution is -2.22. The van der Waals surface area contributed by atoms with Crippen molar-refractivity contribution in [2.75, 3.05) is 0 Å². The number of hydrogen-bond acceptors (Lipinski definition) is 2. The second kappa shape index (κ2) is 5.90. The van der Waals surface area contributed by atoms with Gasteiger partial charge >= 0.3 is 0 Å². The first-order chi connectivity index (χ1) is 5.99. The van der Waals surface area contributed by atoms with Crippen LogP contribution in [0.5, 0.6) is 0 Å². The molecule has 0 amide bonds. The maximum Gasteiger partial charge on any atom is 0.201 e. The molecular weight excluding hydrogens is 164 g/mol.